The number of dihydropyridines is 1. The molecule has 2 aromatic rings. The van der Waals surface area contributed by atoms with Gasteiger partial charge in [-0.2, -0.15) is 0 Å². The molecular formula is C22H23NO3. The van der Waals surface area contributed by atoms with Crippen LogP contribution in [0.4, 0.5) is 0 Å². The molecule has 1 N–H and O–H groups in total. The second kappa shape index (κ2) is 7.91. The molecule has 1 aliphatic rings. The van der Waals surface area contributed by atoms with Crippen LogP contribution in [0.25, 0.3) is 0 Å². The maximum Gasteiger partial charge on any atom is 0.336 e. The van der Waals surface area contributed by atoms with Gasteiger partial charge in [-0.1, -0.05) is 54.6 Å². The van der Waals surface area contributed by atoms with Crippen LogP contribution in [0.15, 0.2) is 77.6 Å². The summed E-state index contributed by atoms with van der Waals surface area (Å²) in [5.74, 6) is 0.221. The summed E-state index contributed by atoms with van der Waals surface area (Å²) in [7, 11) is 1.41. The fourth-order valence-electron chi connectivity index (χ4n) is 3.21. The van der Waals surface area contributed by atoms with E-state index in [-0.39, 0.29) is 11.9 Å². The molecule has 0 saturated heterocycles. The zero-order valence-electron chi connectivity index (χ0n) is 15.3. The van der Waals surface area contributed by atoms with Gasteiger partial charge in [0.1, 0.15) is 12.4 Å². The van der Waals surface area contributed by atoms with E-state index >= 15 is 0 Å². The summed E-state index contributed by atoms with van der Waals surface area (Å²) >= 11 is 0. The van der Waals surface area contributed by atoms with E-state index in [1.807, 2.05) is 74.5 Å². The fourth-order valence-corrected chi connectivity index (χ4v) is 3.21. The van der Waals surface area contributed by atoms with Crippen molar-refractivity contribution in [1.82, 2.24) is 5.32 Å². The Morgan fingerprint density at radius 1 is 1.04 bits per heavy atom. The molecule has 0 saturated carbocycles. The van der Waals surface area contributed by atoms with Gasteiger partial charge in [0.15, 0.2) is 0 Å². The van der Waals surface area contributed by atoms with Crippen LogP contribution in [0.5, 0.6) is 5.75 Å². The molecule has 0 spiro atoms. The van der Waals surface area contributed by atoms with Crippen molar-refractivity contribution >= 4 is 5.97 Å². The summed E-state index contributed by atoms with van der Waals surface area (Å²) in [6.45, 7) is 4.35. The van der Waals surface area contributed by atoms with E-state index in [0.29, 0.717) is 12.2 Å². The predicted octanol–water partition coefficient (Wildman–Crippen LogP) is 4.30. The number of hydrogen-bond donors (Lipinski definition) is 1. The minimum atomic E-state index is -0.332. The number of nitrogens with one attached hydrogen (secondary N) is 1. The quantitative estimate of drug-likeness (QED) is 0.818. The maximum atomic E-state index is 12.4. The average Bonchev–Trinajstić information content (AvgIpc) is 2.66. The van der Waals surface area contributed by atoms with E-state index in [1.165, 1.54) is 7.11 Å². The first-order valence-corrected chi connectivity index (χ1v) is 8.60. The summed E-state index contributed by atoms with van der Waals surface area (Å²) in [5.41, 5.74) is 4.45. The van der Waals surface area contributed by atoms with Crippen LogP contribution in [0.1, 0.15) is 30.9 Å². The van der Waals surface area contributed by atoms with E-state index in [0.717, 1.165) is 28.3 Å². The van der Waals surface area contributed by atoms with Crippen molar-refractivity contribution in [1.29, 1.82) is 0 Å². The largest absolute Gasteiger partial charge is 0.489 e. The third-order valence-electron chi connectivity index (χ3n) is 4.41. The number of rotatable bonds is 5. The minimum absolute atomic E-state index is 0.212. The third kappa shape index (κ3) is 3.80. The van der Waals surface area contributed by atoms with Crippen molar-refractivity contribution in [2.45, 2.75) is 26.4 Å². The minimum Gasteiger partial charge on any atom is -0.489 e. The molecule has 4 nitrogen and oxygen atoms in total. The summed E-state index contributed by atoms with van der Waals surface area (Å²) in [6, 6.07) is 17.9. The highest BCUT2D eigenvalue weighted by atomic mass is 16.5. The number of para-hydroxylation sites is 1. The lowest BCUT2D eigenvalue weighted by Crippen LogP contribution is -2.25. The van der Waals surface area contributed by atoms with Crippen LogP contribution < -0.4 is 10.1 Å². The Morgan fingerprint density at radius 3 is 2.46 bits per heavy atom. The Hall–Kier alpha value is -3.01. The third-order valence-corrected chi connectivity index (χ3v) is 4.41. The predicted molar refractivity (Wildman–Crippen MR) is 102 cm³/mol. The average molecular weight is 349 g/mol. The van der Waals surface area contributed by atoms with Crippen LogP contribution in [0, 0.1) is 0 Å². The Kier molecular flexibility index (Phi) is 5.42. The lowest BCUT2D eigenvalue weighted by molar-refractivity contribution is -0.136. The number of carbonyl (C=O) groups is 1. The van der Waals surface area contributed by atoms with Crippen LogP contribution >= 0.6 is 0 Å². The topological polar surface area (TPSA) is 47.6 Å². The second-order valence-corrected chi connectivity index (χ2v) is 6.29. The van der Waals surface area contributed by atoms with Crippen LogP contribution in [0.2, 0.25) is 0 Å². The highest BCUT2D eigenvalue weighted by molar-refractivity contribution is 5.92. The van der Waals surface area contributed by atoms with Crippen molar-refractivity contribution < 1.29 is 14.3 Å². The van der Waals surface area contributed by atoms with Gasteiger partial charge in [0.25, 0.3) is 0 Å². The smallest absolute Gasteiger partial charge is 0.336 e. The monoisotopic (exact) mass is 349 g/mol. The molecule has 0 unspecified atom stereocenters. The van der Waals surface area contributed by atoms with Gasteiger partial charge in [-0.15, -0.1) is 0 Å². The van der Waals surface area contributed by atoms with Crippen LogP contribution in [-0.4, -0.2) is 13.1 Å². The van der Waals surface area contributed by atoms with Crippen molar-refractivity contribution in [2.24, 2.45) is 0 Å². The summed E-state index contributed by atoms with van der Waals surface area (Å²) in [6.07, 6.45) is 2.03. The molecular weight excluding hydrogens is 326 g/mol. The van der Waals surface area contributed by atoms with Gasteiger partial charge < -0.3 is 14.8 Å². The van der Waals surface area contributed by atoms with Crippen molar-refractivity contribution in [3.05, 3.63) is 88.8 Å². The highest BCUT2D eigenvalue weighted by Crippen LogP contribution is 2.37. The Labute approximate surface area is 154 Å². The normalized spacial score (nSPS) is 16.6. The lowest BCUT2D eigenvalue weighted by atomic mass is 9.86. The zero-order valence-corrected chi connectivity index (χ0v) is 15.3. The van der Waals surface area contributed by atoms with E-state index in [1.54, 1.807) is 0 Å². The Bertz CT molecular complexity index is 853. The van der Waals surface area contributed by atoms with E-state index < -0.39 is 0 Å². The molecule has 1 heterocycles. The van der Waals surface area contributed by atoms with E-state index in [9.17, 15) is 4.79 Å². The first-order chi connectivity index (χ1) is 12.6. The highest BCUT2D eigenvalue weighted by Gasteiger charge is 2.29. The van der Waals surface area contributed by atoms with Gasteiger partial charge in [0.05, 0.1) is 12.7 Å². The molecule has 0 radical (unpaired) electrons. The second-order valence-electron chi connectivity index (χ2n) is 6.29. The summed E-state index contributed by atoms with van der Waals surface area (Å²) < 4.78 is 11.1. The lowest BCUT2D eigenvalue weighted by Gasteiger charge is -2.26. The maximum absolute atomic E-state index is 12.4. The van der Waals surface area contributed by atoms with Crippen LogP contribution in [0.3, 0.4) is 0 Å². The Morgan fingerprint density at radius 2 is 1.73 bits per heavy atom. The van der Waals surface area contributed by atoms with Gasteiger partial charge in [0, 0.05) is 22.9 Å². The molecule has 0 fully saturated rings. The van der Waals surface area contributed by atoms with Gasteiger partial charge >= 0.3 is 5.97 Å². The molecule has 4 heteroatoms. The SMILES string of the molecule is COC(=O)C1=C(C)NC(C)=C[C@H]1c1ccccc1OCc1ccccc1. The standard InChI is InChI=1S/C22H23NO3/c1-15-13-19(21(16(2)23-15)22(24)25-3)18-11-7-8-12-20(18)26-14-17-9-5-4-6-10-17/h4-13,19,23H,14H2,1-3H3/t19-/m0/s1. The molecule has 2 aromatic carbocycles. The molecule has 0 bridgehead atoms. The van der Waals surface area contributed by atoms with Gasteiger partial charge in [0.2, 0.25) is 0 Å². The molecule has 1 aliphatic heterocycles. The Balaban J connectivity index is 1.94. The van der Waals surface area contributed by atoms with Crippen molar-refractivity contribution in [3.8, 4) is 5.75 Å². The number of ether oxygens (including phenoxy) is 2. The zero-order chi connectivity index (χ0) is 18.5. The number of methoxy groups -OCH3 is 1. The fraction of sp³-hybridized carbons (Fsp3) is 0.227. The number of carbonyl (C=O) groups excluding carboxylic acids is 1. The number of hydrogen-bond acceptors (Lipinski definition) is 4. The van der Waals surface area contributed by atoms with Crippen molar-refractivity contribution in [3.63, 3.8) is 0 Å². The van der Waals surface area contributed by atoms with Crippen LogP contribution in [-0.2, 0) is 16.1 Å². The number of esters is 1. The molecule has 134 valence electrons. The molecule has 0 aliphatic carbocycles. The van der Waals surface area contributed by atoms with E-state index in [4.69, 9.17) is 9.47 Å². The molecule has 26 heavy (non-hydrogen) atoms. The molecule has 0 amide bonds. The summed E-state index contributed by atoms with van der Waals surface area (Å²) in [4.78, 5) is 12.4. The van der Waals surface area contributed by atoms with E-state index in [2.05, 4.69) is 5.32 Å². The molecule has 0 aromatic heterocycles. The first kappa shape index (κ1) is 17.8. The summed E-state index contributed by atoms with van der Waals surface area (Å²) in [5, 5.41) is 3.22. The number of benzene rings is 2. The molecule has 1 atom stereocenters. The van der Waals surface area contributed by atoms with Gasteiger partial charge in [-0.25, -0.2) is 4.79 Å². The van der Waals surface area contributed by atoms with Crippen molar-refractivity contribution in [2.75, 3.05) is 7.11 Å². The number of allylic oxidation sites excluding steroid dienone is 3. The van der Waals surface area contributed by atoms with Gasteiger partial charge in [-0.05, 0) is 25.5 Å². The molecule has 3 rings (SSSR count). The van der Waals surface area contributed by atoms with Gasteiger partial charge in [-0.3, -0.25) is 0 Å². The first-order valence-electron chi connectivity index (χ1n) is 8.60.